The molecular formula is C40H49N5O8S2. The van der Waals surface area contributed by atoms with Gasteiger partial charge in [-0.1, -0.05) is 44.9 Å². The number of hydrogen-bond donors (Lipinski definition) is 2. The van der Waals surface area contributed by atoms with Crippen LogP contribution in [-0.4, -0.2) is 71.6 Å². The minimum atomic E-state index is -3.60. The van der Waals surface area contributed by atoms with Gasteiger partial charge in [-0.25, -0.2) is 18.4 Å². The average molecular weight is 792 g/mol. The maximum absolute atomic E-state index is 13.4. The number of fused-ring (bicyclic) bond motifs is 3. The lowest BCUT2D eigenvalue weighted by molar-refractivity contribution is -0.137. The summed E-state index contributed by atoms with van der Waals surface area (Å²) in [6, 6.07) is 6.64. The number of ether oxygens (including phenoxy) is 2. The molecule has 1 aromatic carbocycles. The van der Waals surface area contributed by atoms with Crippen LogP contribution in [0.5, 0.6) is 11.5 Å². The van der Waals surface area contributed by atoms with Gasteiger partial charge in [-0.3, -0.25) is 19.1 Å². The molecule has 4 atom stereocenters. The predicted octanol–water partition coefficient (Wildman–Crippen LogP) is 6.60. The number of unbranched alkanes of at least 4 members (excludes halogenated alkanes) is 4. The Hall–Kier alpha value is -4.50. The Labute approximate surface area is 325 Å². The Morgan fingerprint density at radius 3 is 2.60 bits per heavy atom. The monoisotopic (exact) mass is 791 g/mol. The van der Waals surface area contributed by atoms with Crippen molar-refractivity contribution in [1.82, 2.24) is 19.6 Å². The van der Waals surface area contributed by atoms with Crippen LogP contribution in [0.1, 0.15) is 96.6 Å². The molecule has 3 fully saturated rings. The number of likely N-dealkylation sites (tertiary alicyclic amines) is 1. The minimum absolute atomic E-state index is 0.0797. The van der Waals surface area contributed by atoms with E-state index in [1.54, 1.807) is 18.9 Å². The van der Waals surface area contributed by atoms with Crippen LogP contribution in [0.3, 0.4) is 0 Å². The highest BCUT2D eigenvalue weighted by molar-refractivity contribution is 7.91. The van der Waals surface area contributed by atoms with Crippen molar-refractivity contribution in [3.05, 3.63) is 47.5 Å². The molecule has 4 heterocycles. The quantitative estimate of drug-likeness (QED) is 0.0873. The lowest BCUT2D eigenvalue weighted by Gasteiger charge is -2.22. The molecule has 2 aliphatic carbocycles. The number of nitrogens with two attached hydrogens (primary N) is 1. The summed E-state index contributed by atoms with van der Waals surface area (Å²) in [4.78, 5) is 49.7. The smallest absolute Gasteiger partial charge is 0.240 e. The number of rotatable bonds is 17. The lowest BCUT2D eigenvalue weighted by atomic mass is 10.1. The van der Waals surface area contributed by atoms with E-state index in [2.05, 4.69) is 24.6 Å². The van der Waals surface area contributed by atoms with Crippen LogP contribution in [0.2, 0.25) is 0 Å². The Bertz CT molecular complexity index is 2240. The summed E-state index contributed by atoms with van der Waals surface area (Å²) in [5, 5.41) is 3.54. The Kier molecular flexibility index (Phi) is 11.0. The number of furan rings is 1. The van der Waals surface area contributed by atoms with Crippen molar-refractivity contribution in [2.45, 2.75) is 108 Å². The zero-order chi connectivity index (χ0) is 39.1. The third kappa shape index (κ3) is 8.23. The summed E-state index contributed by atoms with van der Waals surface area (Å²) < 4.78 is 44.6. The molecule has 0 bridgehead atoms. The fraction of sp³-hybridized carbons (Fsp3) is 0.525. The van der Waals surface area contributed by atoms with Crippen LogP contribution in [0, 0.1) is 11.8 Å². The highest BCUT2D eigenvalue weighted by Gasteiger charge is 2.52. The number of para-hydroxylation sites is 1. The van der Waals surface area contributed by atoms with Gasteiger partial charge in [0.25, 0.3) is 0 Å². The normalized spacial score (nSPS) is 21.8. The maximum atomic E-state index is 13.4. The highest BCUT2D eigenvalue weighted by atomic mass is 32.2. The van der Waals surface area contributed by atoms with Gasteiger partial charge in [-0.15, -0.1) is 11.3 Å². The molecule has 13 nitrogen and oxygen atoms in total. The van der Waals surface area contributed by atoms with Gasteiger partial charge in [0.2, 0.25) is 27.7 Å². The summed E-state index contributed by atoms with van der Waals surface area (Å²) in [7, 11) is -2.02. The van der Waals surface area contributed by atoms with E-state index in [1.165, 1.54) is 11.3 Å². The topological polar surface area (TPSA) is 184 Å². The van der Waals surface area contributed by atoms with E-state index in [-0.39, 0.29) is 36.6 Å². The Balaban J connectivity index is 0.929. The van der Waals surface area contributed by atoms with Crippen molar-refractivity contribution < 1.29 is 36.7 Å². The molecule has 55 heavy (non-hydrogen) atoms. The Morgan fingerprint density at radius 1 is 1.11 bits per heavy atom. The van der Waals surface area contributed by atoms with E-state index >= 15 is 0 Å². The summed E-state index contributed by atoms with van der Waals surface area (Å²) in [5.74, 6) is -0.0446. The average Bonchev–Trinajstić information content (AvgIpc) is 3.90. The molecule has 15 heteroatoms. The molecule has 1 aliphatic heterocycles. The molecule has 4 aromatic rings. The number of methoxy groups -OCH3 is 1. The van der Waals surface area contributed by atoms with Crippen LogP contribution >= 0.6 is 11.3 Å². The van der Waals surface area contributed by atoms with Crippen molar-refractivity contribution in [2.24, 2.45) is 17.6 Å². The molecule has 3 aromatic heterocycles. The van der Waals surface area contributed by atoms with Crippen LogP contribution in [0.4, 0.5) is 0 Å². The molecular weight excluding hydrogens is 743 g/mol. The molecule has 2 saturated carbocycles. The van der Waals surface area contributed by atoms with Crippen molar-refractivity contribution in [2.75, 3.05) is 13.7 Å². The number of benzene rings is 1. The number of hydrogen-bond acceptors (Lipinski definition) is 11. The minimum Gasteiger partial charge on any atom is -0.493 e. The molecule has 1 saturated heterocycles. The fourth-order valence-corrected chi connectivity index (χ4v) is 9.39. The van der Waals surface area contributed by atoms with E-state index in [0.29, 0.717) is 66.0 Å². The van der Waals surface area contributed by atoms with Crippen molar-refractivity contribution in [1.29, 1.82) is 0 Å². The maximum Gasteiger partial charge on any atom is 0.240 e. The second-order valence-electron chi connectivity index (χ2n) is 15.6. The first-order valence-corrected chi connectivity index (χ1v) is 21.5. The molecule has 7 rings (SSSR count). The van der Waals surface area contributed by atoms with Crippen LogP contribution in [0.15, 0.2) is 46.2 Å². The van der Waals surface area contributed by atoms with Crippen LogP contribution in [-0.2, 0) is 24.4 Å². The molecule has 0 unspecified atom stereocenters. The van der Waals surface area contributed by atoms with Gasteiger partial charge in [0.05, 0.1) is 29.5 Å². The molecule has 3 aliphatic rings. The molecule has 0 radical (unpaired) electrons. The SMILES string of the molecule is COc1cccc2c1oc1c(O[C@@H]3C[C@@H](C(N)=O)N(C(=O)CCCCCC/C=C\[C@@H]4C[C@@H]4C(=O)NS(=O)(=O)C4(C)CC4)C3)cc(-c3nc(C(C)C)cs3)nc12. The van der Waals surface area contributed by atoms with Crippen LogP contribution < -0.4 is 19.9 Å². The highest BCUT2D eigenvalue weighted by Crippen LogP contribution is 2.45. The standard InChI is InChI=1S/C40H49N5O8S2/c1-23(2)29-22-54-39(43-29)28-20-32(36-34(42-28)26-13-11-14-31(51-4)35(26)53-36)52-25-19-30(37(41)47)45(21-25)33(46)15-10-8-6-5-7-9-12-24-18-27(24)38(48)44-55(49,50)40(3)16-17-40/h9,11-14,20,22-25,27,30H,5-8,10,15-19,21H2,1-4H3,(H2,41,47)(H,44,48)/b12-9-/t24-,25-,27+,30+/m1/s1. The number of sulfonamides is 1. The lowest BCUT2D eigenvalue weighted by Crippen LogP contribution is -2.43. The first-order valence-electron chi connectivity index (χ1n) is 19.1. The van der Waals surface area contributed by atoms with Gasteiger partial charge in [0, 0.05) is 30.2 Å². The van der Waals surface area contributed by atoms with E-state index in [4.69, 9.17) is 29.6 Å². The first-order chi connectivity index (χ1) is 26.3. The van der Waals surface area contributed by atoms with Gasteiger partial charge in [-0.05, 0) is 69.4 Å². The Morgan fingerprint density at radius 2 is 1.89 bits per heavy atom. The first kappa shape index (κ1) is 38.8. The second kappa shape index (κ2) is 15.6. The molecule has 294 valence electrons. The zero-order valence-corrected chi connectivity index (χ0v) is 33.3. The number of pyridine rings is 1. The van der Waals surface area contributed by atoms with E-state index in [0.717, 1.165) is 41.8 Å². The number of carbonyl (C=O) groups excluding carboxylic acids is 3. The molecule has 3 amide bonds. The number of carbonyl (C=O) groups is 3. The number of primary amides is 1. The number of aromatic nitrogens is 2. The number of thiazole rings is 1. The van der Waals surface area contributed by atoms with Gasteiger partial charge in [0.1, 0.15) is 28.4 Å². The fourth-order valence-electron chi connectivity index (χ4n) is 7.15. The van der Waals surface area contributed by atoms with Gasteiger partial charge in [0.15, 0.2) is 22.7 Å². The molecule has 3 N–H and O–H groups in total. The zero-order valence-electron chi connectivity index (χ0n) is 31.7. The number of nitrogens with one attached hydrogen (secondary N) is 1. The van der Waals surface area contributed by atoms with Crippen LogP contribution in [0.25, 0.3) is 32.8 Å². The van der Waals surface area contributed by atoms with Gasteiger partial charge >= 0.3 is 0 Å². The van der Waals surface area contributed by atoms with Gasteiger partial charge in [-0.2, -0.15) is 0 Å². The summed E-state index contributed by atoms with van der Waals surface area (Å²) >= 11 is 1.51. The largest absolute Gasteiger partial charge is 0.493 e. The second-order valence-corrected chi connectivity index (χ2v) is 18.7. The summed E-state index contributed by atoms with van der Waals surface area (Å²) in [6.07, 6.45) is 10.2. The summed E-state index contributed by atoms with van der Waals surface area (Å²) in [5.41, 5.74) is 9.00. The third-order valence-electron chi connectivity index (χ3n) is 11.0. The van der Waals surface area contributed by atoms with Crippen molar-refractivity contribution in [3.8, 4) is 22.2 Å². The number of allylic oxidation sites excluding steroid dienone is 2. The van der Waals surface area contributed by atoms with E-state index in [9.17, 15) is 22.8 Å². The van der Waals surface area contributed by atoms with E-state index in [1.807, 2.05) is 35.7 Å². The predicted molar refractivity (Wildman–Crippen MR) is 210 cm³/mol. The summed E-state index contributed by atoms with van der Waals surface area (Å²) in [6.45, 7) is 6.06. The molecule has 0 spiro atoms. The number of nitrogens with zero attached hydrogens (tertiary/aromatic N) is 3. The van der Waals surface area contributed by atoms with E-state index < -0.39 is 38.7 Å². The van der Waals surface area contributed by atoms with Gasteiger partial charge < -0.3 is 24.5 Å². The van der Waals surface area contributed by atoms with Crippen molar-refractivity contribution in [3.63, 3.8) is 0 Å². The van der Waals surface area contributed by atoms with Crippen molar-refractivity contribution >= 4 is 61.2 Å². The third-order valence-corrected chi connectivity index (χ3v) is 14.1. The number of amides is 3.